The lowest BCUT2D eigenvalue weighted by molar-refractivity contribution is 0.0776. The molecule has 1 saturated carbocycles. The van der Waals surface area contributed by atoms with Crippen molar-refractivity contribution < 1.29 is 9.84 Å². The standard InChI is InChI=1S/C22H26ClNO2S/c1-14-8-17(23)11-18(9-14)26-13-21-20(16(12-24)10-22(21)25)5-3-4-19-7-6-15(2)27-19/h6-9,11,16,20-22,25H,3-5,10,13H2,1-2H3/t16-,20-,21+,22+/m0/s1. The fraction of sp³-hybridized carbons (Fsp3) is 0.500. The Morgan fingerprint density at radius 1 is 1.26 bits per heavy atom. The minimum atomic E-state index is -0.482. The van der Waals surface area contributed by atoms with Crippen molar-refractivity contribution in [2.75, 3.05) is 6.61 Å². The normalized spacial score (nSPS) is 24.7. The van der Waals surface area contributed by atoms with Crippen molar-refractivity contribution in [3.63, 3.8) is 0 Å². The lowest BCUT2D eigenvalue weighted by Gasteiger charge is -2.23. The fourth-order valence-corrected chi connectivity index (χ4v) is 5.31. The molecule has 3 nitrogen and oxygen atoms in total. The number of aryl methyl sites for hydroxylation is 3. The third-order valence-electron chi connectivity index (χ3n) is 5.44. The van der Waals surface area contributed by atoms with E-state index in [0.717, 1.165) is 30.6 Å². The summed E-state index contributed by atoms with van der Waals surface area (Å²) in [7, 11) is 0. The Morgan fingerprint density at radius 2 is 2.07 bits per heavy atom. The summed E-state index contributed by atoms with van der Waals surface area (Å²) >= 11 is 7.94. The Labute approximate surface area is 170 Å². The second kappa shape index (κ2) is 9.10. The molecular weight excluding hydrogens is 378 g/mol. The van der Waals surface area contributed by atoms with Crippen molar-refractivity contribution >= 4 is 22.9 Å². The summed E-state index contributed by atoms with van der Waals surface area (Å²) in [5.74, 6) is 0.783. The molecule has 3 rings (SSSR count). The maximum Gasteiger partial charge on any atom is 0.121 e. The van der Waals surface area contributed by atoms with E-state index in [9.17, 15) is 10.4 Å². The third-order valence-corrected chi connectivity index (χ3v) is 6.72. The highest BCUT2D eigenvalue weighted by atomic mass is 35.5. The van der Waals surface area contributed by atoms with Gasteiger partial charge in [0.15, 0.2) is 0 Å². The summed E-state index contributed by atoms with van der Waals surface area (Å²) in [5, 5.41) is 20.7. The van der Waals surface area contributed by atoms with Gasteiger partial charge < -0.3 is 9.84 Å². The molecule has 1 aromatic heterocycles. The zero-order chi connectivity index (χ0) is 19.4. The maximum atomic E-state index is 10.5. The summed E-state index contributed by atoms with van der Waals surface area (Å²) < 4.78 is 5.96. The van der Waals surface area contributed by atoms with E-state index in [2.05, 4.69) is 25.1 Å². The summed E-state index contributed by atoms with van der Waals surface area (Å²) in [5.41, 5.74) is 1.04. The molecule has 5 heteroatoms. The van der Waals surface area contributed by atoms with Crippen LogP contribution in [0.4, 0.5) is 0 Å². The van der Waals surface area contributed by atoms with E-state index in [4.69, 9.17) is 16.3 Å². The summed E-state index contributed by atoms with van der Waals surface area (Å²) in [4.78, 5) is 2.72. The van der Waals surface area contributed by atoms with Crippen LogP contribution in [0.25, 0.3) is 0 Å². The van der Waals surface area contributed by atoms with Gasteiger partial charge in [0.05, 0.1) is 24.7 Å². The van der Waals surface area contributed by atoms with Crippen LogP contribution in [-0.4, -0.2) is 17.8 Å². The molecule has 0 bridgehead atoms. The Hall–Kier alpha value is -1.54. The molecule has 0 amide bonds. The fourth-order valence-electron chi connectivity index (χ4n) is 4.10. The number of aliphatic hydroxyl groups excluding tert-OH is 1. The van der Waals surface area contributed by atoms with E-state index in [0.29, 0.717) is 18.1 Å². The number of hydrogen-bond donors (Lipinski definition) is 1. The predicted molar refractivity (Wildman–Crippen MR) is 110 cm³/mol. The molecule has 1 N–H and O–H groups in total. The molecule has 1 aliphatic rings. The number of rotatable bonds is 7. The number of nitrogens with zero attached hydrogens (tertiary/aromatic N) is 1. The van der Waals surface area contributed by atoms with Crippen LogP contribution >= 0.6 is 22.9 Å². The molecule has 1 fully saturated rings. The van der Waals surface area contributed by atoms with E-state index in [1.165, 1.54) is 9.75 Å². The molecule has 0 unspecified atom stereocenters. The topological polar surface area (TPSA) is 53.2 Å². The van der Waals surface area contributed by atoms with Gasteiger partial charge >= 0.3 is 0 Å². The van der Waals surface area contributed by atoms with Crippen LogP contribution in [-0.2, 0) is 6.42 Å². The van der Waals surface area contributed by atoms with E-state index < -0.39 is 6.10 Å². The van der Waals surface area contributed by atoms with Gasteiger partial charge in [0.2, 0.25) is 0 Å². The van der Waals surface area contributed by atoms with Crippen LogP contribution in [0.2, 0.25) is 5.02 Å². The van der Waals surface area contributed by atoms with Gasteiger partial charge in [-0.1, -0.05) is 11.6 Å². The van der Waals surface area contributed by atoms with Gasteiger partial charge in [-0.2, -0.15) is 5.26 Å². The second-order valence-electron chi connectivity index (χ2n) is 7.55. The molecule has 0 spiro atoms. The number of benzene rings is 1. The SMILES string of the molecule is Cc1cc(Cl)cc(OC[C@@H]2[C@@H](CCCc3ccc(C)s3)[C@H](C#N)C[C@H]2O)c1. The van der Waals surface area contributed by atoms with Gasteiger partial charge in [0, 0.05) is 20.7 Å². The maximum absolute atomic E-state index is 10.5. The average molecular weight is 404 g/mol. The number of aliphatic hydroxyl groups is 1. The molecule has 27 heavy (non-hydrogen) atoms. The van der Waals surface area contributed by atoms with Crippen molar-refractivity contribution in [2.45, 2.75) is 45.6 Å². The van der Waals surface area contributed by atoms with Crippen LogP contribution in [0.1, 0.15) is 34.6 Å². The van der Waals surface area contributed by atoms with Crippen molar-refractivity contribution in [1.82, 2.24) is 0 Å². The summed E-state index contributed by atoms with van der Waals surface area (Å²) in [6.45, 7) is 4.52. The number of hydrogen-bond acceptors (Lipinski definition) is 4. The van der Waals surface area contributed by atoms with Gasteiger partial charge in [0.1, 0.15) is 5.75 Å². The number of nitriles is 1. The average Bonchev–Trinajstić information content (AvgIpc) is 3.15. The van der Waals surface area contributed by atoms with Crippen molar-refractivity contribution in [3.8, 4) is 11.8 Å². The third kappa shape index (κ3) is 5.25. The highest BCUT2D eigenvalue weighted by Crippen LogP contribution is 2.40. The summed E-state index contributed by atoms with van der Waals surface area (Å²) in [6.07, 6.45) is 3.06. The Balaban J connectivity index is 1.61. The number of thiophene rings is 1. The van der Waals surface area contributed by atoms with E-state index in [1.807, 2.05) is 30.4 Å². The van der Waals surface area contributed by atoms with Crippen molar-refractivity contribution in [1.29, 1.82) is 5.26 Å². The highest BCUT2D eigenvalue weighted by Gasteiger charge is 2.42. The molecular formula is C22H26ClNO2S. The number of halogens is 1. The molecule has 1 aliphatic carbocycles. The van der Waals surface area contributed by atoms with Gasteiger partial charge in [-0.05, 0) is 81.3 Å². The van der Waals surface area contributed by atoms with E-state index >= 15 is 0 Å². The van der Waals surface area contributed by atoms with Crippen LogP contribution in [0.5, 0.6) is 5.75 Å². The first-order valence-electron chi connectivity index (χ1n) is 9.49. The minimum absolute atomic E-state index is 0.0148. The Morgan fingerprint density at radius 3 is 2.74 bits per heavy atom. The van der Waals surface area contributed by atoms with E-state index in [1.54, 1.807) is 6.07 Å². The van der Waals surface area contributed by atoms with E-state index in [-0.39, 0.29) is 17.8 Å². The Kier molecular flexibility index (Phi) is 6.81. The minimum Gasteiger partial charge on any atom is -0.493 e. The molecule has 0 aliphatic heterocycles. The van der Waals surface area contributed by atoms with Gasteiger partial charge in [0.25, 0.3) is 0 Å². The van der Waals surface area contributed by atoms with Crippen LogP contribution in [0, 0.1) is 42.9 Å². The molecule has 2 aromatic rings. The van der Waals surface area contributed by atoms with Crippen LogP contribution in [0.3, 0.4) is 0 Å². The molecule has 144 valence electrons. The molecule has 0 radical (unpaired) electrons. The van der Waals surface area contributed by atoms with Gasteiger partial charge in [-0.25, -0.2) is 0 Å². The first kappa shape index (κ1) is 20.2. The highest BCUT2D eigenvalue weighted by molar-refractivity contribution is 7.11. The number of ether oxygens (including phenoxy) is 1. The molecule has 4 atom stereocenters. The van der Waals surface area contributed by atoms with Crippen LogP contribution in [0.15, 0.2) is 30.3 Å². The van der Waals surface area contributed by atoms with Gasteiger partial charge in [-0.15, -0.1) is 11.3 Å². The first-order chi connectivity index (χ1) is 13.0. The zero-order valence-corrected chi connectivity index (χ0v) is 17.4. The molecule has 1 heterocycles. The van der Waals surface area contributed by atoms with Crippen molar-refractivity contribution in [2.24, 2.45) is 17.8 Å². The monoisotopic (exact) mass is 403 g/mol. The van der Waals surface area contributed by atoms with Crippen LogP contribution < -0.4 is 4.74 Å². The lowest BCUT2D eigenvalue weighted by atomic mass is 9.85. The molecule has 1 aromatic carbocycles. The quantitative estimate of drug-likeness (QED) is 0.658. The Bertz CT molecular complexity index is 793. The zero-order valence-electron chi connectivity index (χ0n) is 15.8. The van der Waals surface area contributed by atoms with Gasteiger partial charge in [-0.3, -0.25) is 0 Å². The van der Waals surface area contributed by atoms with Crippen molar-refractivity contribution in [3.05, 3.63) is 50.7 Å². The predicted octanol–water partition coefficient (Wildman–Crippen LogP) is 5.56. The smallest absolute Gasteiger partial charge is 0.121 e. The summed E-state index contributed by atoms with van der Waals surface area (Å²) in [6, 6.07) is 12.4. The molecule has 0 saturated heterocycles. The second-order valence-corrected chi connectivity index (χ2v) is 9.36. The largest absolute Gasteiger partial charge is 0.493 e. The first-order valence-corrected chi connectivity index (χ1v) is 10.7. The lowest BCUT2D eigenvalue weighted by Crippen LogP contribution is -2.27.